The van der Waals surface area contributed by atoms with Crippen LogP contribution in [-0.4, -0.2) is 27.1 Å². The molecule has 4 nitrogen and oxygen atoms in total. The van der Waals surface area contributed by atoms with Crippen molar-refractivity contribution >= 4 is 21.4 Å². The Morgan fingerprint density at radius 3 is 2.33 bits per heavy atom. The Bertz CT molecular complexity index is 518. The minimum atomic E-state index is -3.34. The van der Waals surface area contributed by atoms with Gasteiger partial charge in [-0.25, -0.2) is 17.2 Å². The third-order valence-electron chi connectivity index (χ3n) is 2.29. The topological polar surface area (TPSA) is 58.2 Å². The van der Waals surface area contributed by atoms with Crippen LogP contribution in [0.3, 0.4) is 0 Å². The van der Waals surface area contributed by atoms with Gasteiger partial charge in [0.25, 0.3) is 6.43 Å². The number of hydrogen-bond donors (Lipinski definition) is 2. The lowest BCUT2D eigenvalue weighted by atomic mass is 10.1. The number of aryl methyl sites for hydroxylation is 1. The van der Waals surface area contributed by atoms with E-state index in [0.29, 0.717) is 16.9 Å². The molecule has 1 aromatic carbocycles. The van der Waals surface area contributed by atoms with Gasteiger partial charge in [-0.1, -0.05) is 0 Å². The fourth-order valence-corrected chi connectivity index (χ4v) is 2.02. The van der Waals surface area contributed by atoms with Crippen molar-refractivity contribution in [2.24, 2.45) is 0 Å². The third-order valence-corrected chi connectivity index (χ3v) is 2.88. The summed E-state index contributed by atoms with van der Waals surface area (Å²) in [4.78, 5) is 0. The summed E-state index contributed by atoms with van der Waals surface area (Å²) >= 11 is 0. The highest BCUT2D eigenvalue weighted by atomic mass is 32.2. The lowest BCUT2D eigenvalue weighted by molar-refractivity contribution is 0.131. The Kier molecular flexibility index (Phi) is 4.50. The van der Waals surface area contributed by atoms with Crippen LogP contribution in [0.2, 0.25) is 0 Å². The van der Waals surface area contributed by atoms with E-state index in [4.69, 9.17) is 0 Å². The predicted octanol–water partition coefficient (Wildman–Crippen LogP) is 2.43. The van der Waals surface area contributed by atoms with Gasteiger partial charge in [-0.3, -0.25) is 4.72 Å². The van der Waals surface area contributed by atoms with Gasteiger partial charge in [0.2, 0.25) is 10.0 Å². The third kappa shape index (κ3) is 4.48. The van der Waals surface area contributed by atoms with Gasteiger partial charge in [-0.05, 0) is 37.6 Å². The molecule has 102 valence electrons. The predicted molar refractivity (Wildman–Crippen MR) is 68.7 cm³/mol. The van der Waals surface area contributed by atoms with Gasteiger partial charge in [0.1, 0.15) is 0 Å². The molecule has 0 spiro atoms. The van der Waals surface area contributed by atoms with E-state index in [1.165, 1.54) is 13.0 Å². The van der Waals surface area contributed by atoms with Crippen LogP contribution < -0.4 is 10.0 Å². The molecule has 1 unspecified atom stereocenters. The molecule has 18 heavy (non-hydrogen) atoms. The molecule has 0 bridgehead atoms. The molecular weight excluding hydrogens is 262 g/mol. The Balaban J connectivity index is 2.86. The highest BCUT2D eigenvalue weighted by Crippen LogP contribution is 2.21. The first-order valence-electron chi connectivity index (χ1n) is 5.32. The number of halogens is 2. The molecule has 0 aliphatic carbocycles. The second kappa shape index (κ2) is 5.51. The van der Waals surface area contributed by atoms with Gasteiger partial charge in [0.15, 0.2) is 0 Å². The van der Waals surface area contributed by atoms with Crippen molar-refractivity contribution in [3.8, 4) is 0 Å². The van der Waals surface area contributed by atoms with Gasteiger partial charge in [0.05, 0.1) is 18.0 Å². The van der Waals surface area contributed by atoms with E-state index in [-0.39, 0.29) is 0 Å². The van der Waals surface area contributed by atoms with Crippen LogP contribution in [0, 0.1) is 6.92 Å². The van der Waals surface area contributed by atoms with Crippen molar-refractivity contribution in [1.29, 1.82) is 0 Å². The number of benzene rings is 1. The molecule has 1 rings (SSSR count). The summed E-state index contributed by atoms with van der Waals surface area (Å²) in [5, 5.41) is 2.64. The van der Waals surface area contributed by atoms with Gasteiger partial charge < -0.3 is 5.32 Å². The average Bonchev–Trinajstić information content (AvgIpc) is 2.20. The molecular formula is C11H16F2N2O2S. The van der Waals surface area contributed by atoms with E-state index in [1.54, 1.807) is 19.1 Å². The number of rotatable bonds is 5. The molecule has 1 atom stereocenters. The van der Waals surface area contributed by atoms with E-state index in [1.807, 2.05) is 0 Å². The minimum Gasteiger partial charge on any atom is -0.377 e. The normalized spacial score (nSPS) is 13.4. The van der Waals surface area contributed by atoms with Gasteiger partial charge in [-0.15, -0.1) is 0 Å². The monoisotopic (exact) mass is 278 g/mol. The molecule has 0 amide bonds. The van der Waals surface area contributed by atoms with E-state index in [9.17, 15) is 17.2 Å². The first-order valence-corrected chi connectivity index (χ1v) is 7.21. The summed E-state index contributed by atoms with van der Waals surface area (Å²) in [6.45, 7) is 3.08. The molecule has 0 heterocycles. The van der Waals surface area contributed by atoms with Crippen molar-refractivity contribution in [3.63, 3.8) is 0 Å². The average molecular weight is 278 g/mol. The highest BCUT2D eigenvalue weighted by Gasteiger charge is 2.14. The Labute approximate surface area is 105 Å². The molecule has 0 aliphatic heterocycles. The van der Waals surface area contributed by atoms with Gasteiger partial charge >= 0.3 is 0 Å². The maximum absolute atomic E-state index is 12.4. The lowest BCUT2D eigenvalue weighted by Gasteiger charge is -2.16. The van der Waals surface area contributed by atoms with E-state index < -0.39 is 22.5 Å². The second-order valence-corrected chi connectivity index (χ2v) is 5.92. The molecule has 0 radical (unpaired) electrons. The van der Waals surface area contributed by atoms with Crippen LogP contribution in [0.15, 0.2) is 18.2 Å². The van der Waals surface area contributed by atoms with Crippen molar-refractivity contribution < 1.29 is 17.2 Å². The van der Waals surface area contributed by atoms with E-state index in [0.717, 1.165) is 6.26 Å². The molecule has 0 saturated heterocycles. The standard InChI is InChI=1S/C11H16F2N2O2S/c1-7-6-9(14-8(2)11(12)13)4-5-10(7)15-18(3,16)17/h4-6,8,11,14-15H,1-3H3. The molecule has 7 heteroatoms. The summed E-state index contributed by atoms with van der Waals surface area (Å²) in [7, 11) is -3.34. The van der Waals surface area contributed by atoms with Crippen LogP contribution >= 0.6 is 0 Å². The maximum Gasteiger partial charge on any atom is 0.258 e. The Morgan fingerprint density at radius 1 is 1.28 bits per heavy atom. The van der Waals surface area contributed by atoms with Crippen LogP contribution in [0.4, 0.5) is 20.2 Å². The van der Waals surface area contributed by atoms with Crippen LogP contribution in [-0.2, 0) is 10.0 Å². The first-order chi connectivity index (χ1) is 8.19. The summed E-state index contributed by atoms with van der Waals surface area (Å²) in [5.41, 5.74) is 1.62. The second-order valence-electron chi connectivity index (χ2n) is 4.17. The summed E-state index contributed by atoms with van der Waals surface area (Å²) in [6.07, 6.45) is -1.41. The zero-order chi connectivity index (χ0) is 13.9. The summed E-state index contributed by atoms with van der Waals surface area (Å²) in [5.74, 6) is 0. The zero-order valence-electron chi connectivity index (χ0n) is 10.4. The quantitative estimate of drug-likeness (QED) is 0.869. The first kappa shape index (κ1) is 14.7. The molecule has 1 aromatic rings. The van der Waals surface area contributed by atoms with E-state index >= 15 is 0 Å². The van der Waals surface area contributed by atoms with Crippen molar-refractivity contribution in [1.82, 2.24) is 0 Å². The fraction of sp³-hybridized carbons (Fsp3) is 0.455. The van der Waals surface area contributed by atoms with Crippen LogP contribution in [0.25, 0.3) is 0 Å². The Morgan fingerprint density at radius 2 is 1.89 bits per heavy atom. The number of alkyl halides is 2. The molecule has 0 aromatic heterocycles. The molecule has 0 aliphatic rings. The number of anilines is 2. The van der Waals surface area contributed by atoms with E-state index in [2.05, 4.69) is 10.0 Å². The molecule has 0 fully saturated rings. The highest BCUT2D eigenvalue weighted by molar-refractivity contribution is 7.92. The minimum absolute atomic E-state index is 0.438. The van der Waals surface area contributed by atoms with Crippen molar-refractivity contribution in [2.45, 2.75) is 26.3 Å². The van der Waals surface area contributed by atoms with Gasteiger partial charge in [0, 0.05) is 5.69 Å². The fourth-order valence-electron chi connectivity index (χ4n) is 1.39. The number of nitrogens with one attached hydrogen (secondary N) is 2. The van der Waals surface area contributed by atoms with Gasteiger partial charge in [-0.2, -0.15) is 0 Å². The summed E-state index contributed by atoms with van der Waals surface area (Å²) < 4.78 is 49.2. The van der Waals surface area contributed by atoms with Crippen LogP contribution in [0.1, 0.15) is 12.5 Å². The smallest absolute Gasteiger partial charge is 0.258 e. The zero-order valence-corrected chi connectivity index (χ0v) is 11.2. The molecule has 0 saturated carbocycles. The Hall–Kier alpha value is -1.37. The van der Waals surface area contributed by atoms with Crippen LogP contribution in [0.5, 0.6) is 0 Å². The summed E-state index contributed by atoms with van der Waals surface area (Å²) in [6, 6.07) is 3.75. The number of sulfonamides is 1. The lowest BCUT2D eigenvalue weighted by Crippen LogP contribution is -2.23. The number of hydrogen-bond acceptors (Lipinski definition) is 3. The van der Waals surface area contributed by atoms with Crippen molar-refractivity contribution in [2.75, 3.05) is 16.3 Å². The maximum atomic E-state index is 12.4. The molecule has 2 N–H and O–H groups in total. The largest absolute Gasteiger partial charge is 0.377 e. The van der Waals surface area contributed by atoms with Crippen molar-refractivity contribution in [3.05, 3.63) is 23.8 Å². The SMILES string of the molecule is Cc1cc(NC(C)C(F)F)ccc1NS(C)(=O)=O.